The third-order valence-corrected chi connectivity index (χ3v) is 3.76. The number of ketones is 2. The number of ether oxygens (including phenoxy) is 1. The van der Waals surface area contributed by atoms with Gasteiger partial charge in [-0.25, -0.2) is 0 Å². The van der Waals surface area contributed by atoms with Crippen LogP contribution in [-0.2, 0) is 19.1 Å². The first-order valence-corrected chi connectivity index (χ1v) is 5.75. The van der Waals surface area contributed by atoms with Crippen LogP contribution in [0.4, 0.5) is 0 Å². The Morgan fingerprint density at radius 1 is 1.31 bits per heavy atom. The third-order valence-electron chi connectivity index (χ3n) is 3.76. The lowest BCUT2D eigenvalue weighted by atomic mass is 9.70. The van der Waals surface area contributed by atoms with E-state index in [4.69, 9.17) is 4.74 Å². The van der Waals surface area contributed by atoms with Gasteiger partial charge in [-0.2, -0.15) is 0 Å². The summed E-state index contributed by atoms with van der Waals surface area (Å²) in [5, 5.41) is 0. The largest absolute Gasteiger partial charge is 0.469 e. The highest BCUT2D eigenvalue weighted by molar-refractivity contribution is 5.94. The summed E-state index contributed by atoms with van der Waals surface area (Å²) in [6.45, 7) is 0. The van der Waals surface area contributed by atoms with E-state index in [9.17, 15) is 14.4 Å². The summed E-state index contributed by atoms with van der Waals surface area (Å²) in [5.74, 6) is -0.918. The van der Waals surface area contributed by atoms with Crippen LogP contribution in [0.3, 0.4) is 0 Å². The highest BCUT2D eigenvalue weighted by Crippen LogP contribution is 2.40. The zero-order chi connectivity index (χ0) is 11.7. The number of carbonyl (C=O) groups is 3. The van der Waals surface area contributed by atoms with Crippen LogP contribution in [0.25, 0.3) is 0 Å². The van der Waals surface area contributed by atoms with Gasteiger partial charge in [0.2, 0.25) is 0 Å². The van der Waals surface area contributed by atoms with E-state index in [0.29, 0.717) is 12.8 Å². The van der Waals surface area contributed by atoms with Crippen molar-refractivity contribution in [2.75, 3.05) is 7.11 Å². The summed E-state index contributed by atoms with van der Waals surface area (Å²) in [4.78, 5) is 35.1. The SMILES string of the molecule is COC(=O)C1C2CCCC(=O)C1CC(=O)C2. The molecule has 2 aliphatic carbocycles. The number of esters is 1. The van der Waals surface area contributed by atoms with Crippen LogP contribution >= 0.6 is 0 Å². The fourth-order valence-electron chi connectivity index (χ4n) is 3.02. The second-order valence-electron chi connectivity index (χ2n) is 4.72. The lowest BCUT2D eigenvalue weighted by molar-refractivity contribution is -0.155. The molecule has 0 aromatic carbocycles. The quantitative estimate of drug-likeness (QED) is 0.626. The molecule has 0 aromatic heterocycles. The molecule has 88 valence electrons. The Balaban J connectivity index is 2.30. The van der Waals surface area contributed by atoms with Gasteiger partial charge >= 0.3 is 5.97 Å². The van der Waals surface area contributed by atoms with Crippen LogP contribution in [0.5, 0.6) is 0 Å². The van der Waals surface area contributed by atoms with Crippen molar-refractivity contribution in [2.24, 2.45) is 17.8 Å². The van der Waals surface area contributed by atoms with E-state index in [0.717, 1.165) is 12.8 Å². The highest BCUT2D eigenvalue weighted by atomic mass is 16.5. The maximum absolute atomic E-state index is 11.8. The van der Waals surface area contributed by atoms with Gasteiger partial charge in [-0.3, -0.25) is 14.4 Å². The molecule has 3 unspecified atom stereocenters. The fourth-order valence-corrected chi connectivity index (χ4v) is 3.02. The van der Waals surface area contributed by atoms with Crippen LogP contribution in [0.1, 0.15) is 32.1 Å². The highest BCUT2D eigenvalue weighted by Gasteiger charge is 2.46. The lowest BCUT2D eigenvalue weighted by Crippen LogP contribution is -2.40. The third kappa shape index (κ3) is 1.88. The minimum atomic E-state index is -0.416. The molecule has 0 saturated heterocycles. The molecule has 0 radical (unpaired) electrons. The van der Waals surface area contributed by atoms with Gasteiger partial charge in [0.25, 0.3) is 0 Å². The summed E-state index contributed by atoms with van der Waals surface area (Å²) in [7, 11) is 1.34. The normalized spacial score (nSPS) is 34.4. The number of methoxy groups -OCH3 is 1. The Morgan fingerprint density at radius 3 is 2.75 bits per heavy atom. The number of rotatable bonds is 1. The van der Waals surface area contributed by atoms with Crippen molar-refractivity contribution < 1.29 is 19.1 Å². The Bertz CT molecular complexity index is 334. The first-order valence-electron chi connectivity index (χ1n) is 5.75. The van der Waals surface area contributed by atoms with E-state index >= 15 is 0 Å². The minimum Gasteiger partial charge on any atom is -0.469 e. The van der Waals surface area contributed by atoms with Gasteiger partial charge in [-0.1, -0.05) is 0 Å². The average Bonchev–Trinajstić information content (AvgIpc) is 2.35. The molecule has 2 bridgehead atoms. The molecule has 0 aliphatic heterocycles. The molecular weight excluding hydrogens is 208 g/mol. The Morgan fingerprint density at radius 2 is 2.06 bits per heavy atom. The average molecular weight is 224 g/mol. The molecule has 0 spiro atoms. The van der Waals surface area contributed by atoms with E-state index in [1.165, 1.54) is 7.11 Å². The molecule has 3 atom stereocenters. The molecule has 0 heterocycles. The molecule has 0 aromatic rings. The zero-order valence-electron chi connectivity index (χ0n) is 9.40. The van der Waals surface area contributed by atoms with Crippen molar-refractivity contribution in [3.63, 3.8) is 0 Å². The van der Waals surface area contributed by atoms with Gasteiger partial charge in [0.05, 0.1) is 13.0 Å². The molecule has 4 nitrogen and oxygen atoms in total. The summed E-state index contributed by atoms with van der Waals surface area (Å²) < 4.78 is 4.76. The van der Waals surface area contributed by atoms with Crippen molar-refractivity contribution in [2.45, 2.75) is 32.1 Å². The molecule has 2 aliphatic rings. The van der Waals surface area contributed by atoms with Crippen molar-refractivity contribution >= 4 is 17.5 Å². The Hall–Kier alpha value is -1.19. The van der Waals surface area contributed by atoms with E-state index in [2.05, 4.69) is 0 Å². The van der Waals surface area contributed by atoms with E-state index in [1.807, 2.05) is 0 Å². The lowest BCUT2D eigenvalue weighted by Gasteiger charge is -2.32. The molecular formula is C12H16O4. The second kappa shape index (κ2) is 4.36. The molecule has 0 N–H and O–H groups in total. The van der Waals surface area contributed by atoms with Crippen LogP contribution < -0.4 is 0 Å². The molecule has 2 saturated carbocycles. The summed E-state index contributed by atoms with van der Waals surface area (Å²) in [5.41, 5.74) is 0. The summed E-state index contributed by atoms with van der Waals surface area (Å²) >= 11 is 0. The maximum Gasteiger partial charge on any atom is 0.309 e. The zero-order valence-corrected chi connectivity index (χ0v) is 9.40. The molecule has 16 heavy (non-hydrogen) atoms. The van der Waals surface area contributed by atoms with Gasteiger partial charge < -0.3 is 4.74 Å². The first-order chi connectivity index (χ1) is 7.63. The van der Waals surface area contributed by atoms with E-state index in [-0.39, 0.29) is 35.8 Å². The van der Waals surface area contributed by atoms with Crippen molar-refractivity contribution in [3.05, 3.63) is 0 Å². The van der Waals surface area contributed by atoms with Crippen molar-refractivity contribution in [3.8, 4) is 0 Å². The topological polar surface area (TPSA) is 60.4 Å². The van der Waals surface area contributed by atoms with E-state index in [1.54, 1.807) is 0 Å². The molecule has 2 fully saturated rings. The van der Waals surface area contributed by atoms with E-state index < -0.39 is 5.92 Å². The molecule has 0 amide bonds. The van der Waals surface area contributed by atoms with Crippen LogP contribution in [0, 0.1) is 17.8 Å². The van der Waals surface area contributed by atoms with Gasteiger partial charge in [0.15, 0.2) is 0 Å². The van der Waals surface area contributed by atoms with Gasteiger partial charge in [0, 0.05) is 25.2 Å². The van der Waals surface area contributed by atoms with Crippen LogP contribution in [-0.4, -0.2) is 24.6 Å². The van der Waals surface area contributed by atoms with Crippen molar-refractivity contribution in [1.82, 2.24) is 0 Å². The molecule has 4 heteroatoms. The number of Topliss-reactive ketones (excluding diaryl/α,β-unsaturated/α-hetero) is 2. The monoisotopic (exact) mass is 224 g/mol. The number of carbonyl (C=O) groups excluding carboxylic acids is 3. The van der Waals surface area contributed by atoms with Gasteiger partial charge in [-0.15, -0.1) is 0 Å². The van der Waals surface area contributed by atoms with Gasteiger partial charge in [-0.05, 0) is 18.8 Å². The smallest absolute Gasteiger partial charge is 0.309 e. The first kappa shape index (κ1) is 11.3. The number of hydrogen-bond acceptors (Lipinski definition) is 4. The fraction of sp³-hybridized carbons (Fsp3) is 0.750. The standard InChI is InChI=1S/C12H16O4/c1-16-12(15)11-7-3-2-4-10(14)9(11)6-8(13)5-7/h7,9,11H,2-6H2,1H3. The number of fused-ring (bicyclic) bond motifs is 2. The van der Waals surface area contributed by atoms with Gasteiger partial charge in [0.1, 0.15) is 11.6 Å². The predicted molar refractivity (Wildman–Crippen MR) is 55.6 cm³/mol. The Labute approximate surface area is 94.3 Å². The molecule has 2 rings (SSSR count). The predicted octanol–water partition coefficient (Wildman–Crippen LogP) is 1.12. The van der Waals surface area contributed by atoms with Crippen molar-refractivity contribution in [1.29, 1.82) is 0 Å². The summed E-state index contributed by atoms with van der Waals surface area (Å²) in [6, 6.07) is 0. The maximum atomic E-state index is 11.8. The van der Waals surface area contributed by atoms with Crippen LogP contribution in [0.2, 0.25) is 0 Å². The number of hydrogen-bond donors (Lipinski definition) is 0. The Kier molecular flexibility index (Phi) is 3.08. The summed E-state index contributed by atoms with van der Waals surface area (Å²) in [6.07, 6.45) is 2.75. The second-order valence-corrected chi connectivity index (χ2v) is 4.72. The minimum absolute atomic E-state index is 0.0187. The van der Waals surface area contributed by atoms with Crippen LogP contribution in [0.15, 0.2) is 0 Å².